The summed E-state index contributed by atoms with van der Waals surface area (Å²) in [5.41, 5.74) is 0.341. The SMILES string of the molecule is Cn1ccc2cc(C(=O)O)n(C)c2c1=O. The molecule has 0 aromatic carbocycles. The van der Waals surface area contributed by atoms with E-state index in [-0.39, 0.29) is 11.3 Å². The fourth-order valence-corrected chi connectivity index (χ4v) is 1.65. The van der Waals surface area contributed by atoms with Crippen molar-refractivity contribution in [2.75, 3.05) is 0 Å². The van der Waals surface area contributed by atoms with E-state index in [1.165, 1.54) is 15.2 Å². The summed E-state index contributed by atoms with van der Waals surface area (Å²) in [7, 11) is 3.21. The summed E-state index contributed by atoms with van der Waals surface area (Å²) < 4.78 is 2.83. The zero-order valence-electron chi connectivity index (χ0n) is 8.39. The average Bonchev–Trinajstić information content (AvgIpc) is 2.50. The van der Waals surface area contributed by atoms with Crippen molar-refractivity contribution in [1.82, 2.24) is 9.13 Å². The third kappa shape index (κ3) is 1.24. The lowest BCUT2D eigenvalue weighted by atomic mass is 10.3. The van der Waals surface area contributed by atoms with Gasteiger partial charge in [-0.1, -0.05) is 0 Å². The summed E-state index contributed by atoms with van der Waals surface area (Å²) in [5.74, 6) is -1.03. The number of carbonyl (C=O) groups is 1. The summed E-state index contributed by atoms with van der Waals surface area (Å²) in [5, 5.41) is 9.55. The molecule has 0 aliphatic heterocycles. The molecule has 0 radical (unpaired) electrons. The van der Waals surface area contributed by atoms with Crippen LogP contribution in [0.4, 0.5) is 0 Å². The maximum atomic E-state index is 11.7. The average molecular weight is 206 g/mol. The third-order valence-electron chi connectivity index (χ3n) is 2.48. The number of carboxylic acids is 1. The second kappa shape index (κ2) is 2.98. The van der Waals surface area contributed by atoms with Crippen molar-refractivity contribution >= 4 is 16.9 Å². The molecule has 0 aliphatic carbocycles. The summed E-state index contributed by atoms with van der Waals surface area (Å²) >= 11 is 0. The van der Waals surface area contributed by atoms with Gasteiger partial charge in [-0.05, 0) is 12.1 Å². The Morgan fingerprint density at radius 3 is 2.67 bits per heavy atom. The van der Waals surface area contributed by atoms with Crippen LogP contribution in [0.5, 0.6) is 0 Å². The molecule has 0 saturated heterocycles. The number of pyridine rings is 1. The smallest absolute Gasteiger partial charge is 0.352 e. The van der Waals surface area contributed by atoms with E-state index in [9.17, 15) is 9.59 Å². The number of carboxylic acid groups (broad SMARTS) is 1. The minimum atomic E-state index is -1.03. The minimum absolute atomic E-state index is 0.119. The van der Waals surface area contributed by atoms with Crippen LogP contribution in [-0.2, 0) is 14.1 Å². The standard InChI is InChI=1S/C10H10N2O3/c1-11-4-3-6-5-7(10(14)15)12(2)8(6)9(11)13/h3-5H,1-2H3,(H,14,15). The van der Waals surface area contributed by atoms with Crippen LogP contribution in [0, 0.1) is 0 Å². The normalized spacial score (nSPS) is 10.8. The minimum Gasteiger partial charge on any atom is -0.477 e. The Hall–Kier alpha value is -2.04. The molecule has 0 unspecified atom stereocenters. The van der Waals surface area contributed by atoms with Gasteiger partial charge in [-0.15, -0.1) is 0 Å². The largest absolute Gasteiger partial charge is 0.477 e. The lowest BCUT2D eigenvalue weighted by Crippen LogP contribution is -2.18. The van der Waals surface area contributed by atoms with Crippen molar-refractivity contribution in [2.24, 2.45) is 14.1 Å². The number of hydrogen-bond donors (Lipinski definition) is 1. The molecule has 0 spiro atoms. The fourth-order valence-electron chi connectivity index (χ4n) is 1.65. The van der Waals surface area contributed by atoms with E-state index in [0.29, 0.717) is 10.9 Å². The van der Waals surface area contributed by atoms with Crippen LogP contribution in [0.2, 0.25) is 0 Å². The van der Waals surface area contributed by atoms with E-state index in [1.807, 2.05) is 0 Å². The number of aromatic carboxylic acids is 1. The molecule has 15 heavy (non-hydrogen) atoms. The summed E-state index contributed by atoms with van der Waals surface area (Å²) in [6.45, 7) is 0. The molecule has 0 aliphatic rings. The van der Waals surface area contributed by atoms with E-state index in [0.717, 1.165) is 0 Å². The highest BCUT2D eigenvalue weighted by atomic mass is 16.4. The quantitative estimate of drug-likeness (QED) is 0.742. The Labute approximate surface area is 85.2 Å². The third-order valence-corrected chi connectivity index (χ3v) is 2.48. The monoisotopic (exact) mass is 206 g/mol. The molecule has 5 heteroatoms. The van der Waals surface area contributed by atoms with Crippen LogP contribution in [0.25, 0.3) is 10.9 Å². The highest BCUT2D eigenvalue weighted by Crippen LogP contribution is 2.14. The number of aromatic nitrogens is 2. The van der Waals surface area contributed by atoms with Gasteiger partial charge >= 0.3 is 5.97 Å². The van der Waals surface area contributed by atoms with Gasteiger partial charge in [0, 0.05) is 25.7 Å². The molecule has 1 N–H and O–H groups in total. The lowest BCUT2D eigenvalue weighted by Gasteiger charge is -2.00. The van der Waals surface area contributed by atoms with Crippen molar-refractivity contribution in [2.45, 2.75) is 0 Å². The van der Waals surface area contributed by atoms with Crippen LogP contribution in [-0.4, -0.2) is 20.2 Å². The van der Waals surface area contributed by atoms with E-state index in [2.05, 4.69) is 0 Å². The Bertz CT molecular complexity index is 607. The molecule has 0 fully saturated rings. The molecule has 0 saturated carbocycles. The number of hydrogen-bond acceptors (Lipinski definition) is 2. The molecule has 78 valence electrons. The van der Waals surface area contributed by atoms with Gasteiger partial charge in [-0.3, -0.25) is 4.79 Å². The summed E-state index contributed by atoms with van der Waals surface area (Å²) in [6.07, 6.45) is 1.62. The first-order valence-electron chi connectivity index (χ1n) is 4.40. The number of rotatable bonds is 1. The first-order chi connectivity index (χ1) is 7.02. The molecule has 0 bridgehead atoms. The van der Waals surface area contributed by atoms with Crippen molar-refractivity contribution in [3.8, 4) is 0 Å². The summed E-state index contributed by atoms with van der Waals surface area (Å²) in [4.78, 5) is 22.6. The second-order valence-electron chi connectivity index (χ2n) is 3.43. The zero-order valence-corrected chi connectivity index (χ0v) is 8.39. The van der Waals surface area contributed by atoms with Gasteiger partial charge in [0.05, 0.1) is 0 Å². The van der Waals surface area contributed by atoms with E-state index < -0.39 is 5.97 Å². The Morgan fingerprint density at radius 1 is 1.40 bits per heavy atom. The maximum absolute atomic E-state index is 11.7. The van der Waals surface area contributed by atoms with Crippen molar-refractivity contribution in [3.63, 3.8) is 0 Å². The number of nitrogens with zero attached hydrogens (tertiary/aromatic N) is 2. The van der Waals surface area contributed by atoms with Crippen LogP contribution in [0.15, 0.2) is 23.1 Å². The molecule has 2 rings (SSSR count). The van der Waals surface area contributed by atoms with Crippen LogP contribution in [0.3, 0.4) is 0 Å². The van der Waals surface area contributed by atoms with Gasteiger partial charge in [-0.2, -0.15) is 0 Å². The zero-order chi connectivity index (χ0) is 11.2. The number of aryl methyl sites for hydroxylation is 2. The topological polar surface area (TPSA) is 64.2 Å². The second-order valence-corrected chi connectivity index (χ2v) is 3.43. The Kier molecular flexibility index (Phi) is 1.89. The number of fused-ring (bicyclic) bond motifs is 1. The van der Waals surface area contributed by atoms with Crippen molar-refractivity contribution < 1.29 is 9.90 Å². The molecule has 0 amide bonds. The Morgan fingerprint density at radius 2 is 2.07 bits per heavy atom. The van der Waals surface area contributed by atoms with Crippen molar-refractivity contribution in [3.05, 3.63) is 34.4 Å². The highest BCUT2D eigenvalue weighted by Gasteiger charge is 2.14. The van der Waals surface area contributed by atoms with Gasteiger partial charge in [0.15, 0.2) is 0 Å². The molecule has 5 nitrogen and oxygen atoms in total. The van der Waals surface area contributed by atoms with Gasteiger partial charge in [0.1, 0.15) is 11.2 Å². The van der Waals surface area contributed by atoms with Gasteiger partial charge in [0.2, 0.25) is 0 Å². The van der Waals surface area contributed by atoms with Crippen LogP contribution in [0.1, 0.15) is 10.5 Å². The van der Waals surface area contributed by atoms with Gasteiger partial charge < -0.3 is 14.2 Å². The Balaban J connectivity index is 2.96. The lowest BCUT2D eigenvalue weighted by molar-refractivity contribution is 0.0687. The molecule has 2 aromatic rings. The molecule has 0 atom stereocenters. The molecule has 2 heterocycles. The predicted octanol–water partition coefficient (Wildman–Crippen LogP) is 0.575. The molecule has 2 aromatic heterocycles. The maximum Gasteiger partial charge on any atom is 0.352 e. The fraction of sp³-hybridized carbons (Fsp3) is 0.200. The van der Waals surface area contributed by atoms with E-state index in [4.69, 9.17) is 5.11 Å². The van der Waals surface area contributed by atoms with E-state index in [1.54, 1.807) is 26.4 Å². The van der Waals surface area contributed by atoms with Crippen LogP contribution < -0.4 is 5.56 Å². The molecular weight excluding hydrogens is 196 g/mol. The van der Waals surface area contributed by atoms with Gasteiger partial charge in [0.25, 0.3) is 5.56 Å². The highest BCUT2D eigenvalue weighted by molar-refractivity contribution is 5.94. The predicted molar refractivity (Wildman–Crippen MR) is 55.1 cm³/mol. The summed E-state index contributed by atoms with van der Waals surface area (Å²) in [6, 6.07) is 3.22. The van der Waals surface area contributed by atoms with Crippen LogP contribution >= 0.6 is 0 Å². The first kappa shape index (κ1) is 9.51. The van der Waals surface area contributed by atoms with Gasteiger partial charge in [-0.25, -0.2) is 4.79 Å². The van der Waals surface area contributed by atoms with E-state index >= 15 is 0 Å². The molecular formula is C10H10N2O3. The first-order valence-corrected chi connectivity index (χ1v) is 4.40. The van der Waals surface area contributed by atoms with Crippen molar-refractivity contribution in [1.29, 1.82) is 0 Å².